The first-order chi connectivity index (χ1) is 13.0. The van der Waals surface area contributed by atoms with Crippen molar-refractivity contribution in [3.63, 3.8) is 0 Å². The monoisotopic (exact) mass is 362 g/mol. The third kappa shape index (κ3) is 4.33. The molecule has 2 aromatic carbocycles. The van der Waals surface area contributed by atoms with Crippen LogP contribution in [0.2, 0.25) is 0 Å². The number of nitrogens with zero attached hydrogens (tertiary/aromatic N) is 1. The number of anilines is 1. The molecule has 0 saturated carbocycles. The number of nitrogens with one attached hydrogen (secondary N) is 1. The fourth-order valence-corrected chi connectivity index (χ4v) is 2.75. The maximum Gasteiger partial charge on any atom is 0.336 e. The predicted molar refractivity (Wildman–Crippen MR) is 102 cm³/mol. The lowest BCUT2D eigenvalue weighted by atomic mass is 10.00. The second-order valence-corrected chi connectivity index (χ2v) is 6.36. The molecule has 1 heterocycles. The highest BCUT2D eigenvalue weighted by atomic mass is 16.5. The number of hydrogen-bond donors (Lipinski definition) is 1. The van der Waals surface area contributed by atoms with Crippen molar-refractivity contribution < 1.29 is 13.9 Å². The summed E-state index contributed by atoms with van der Waals surface area (Å²) in [5.74, 6) is 0.244. The van der Waals surface area contributed by atoms with Gasteiger partial charge in [-0.15, -0.1) is 0 Å². The number of rotatable bonds is 5. The van der Waals surface area contributed by atoms with E-state index >= 15 is 0 Å². The molecule has 0 aliphatic heterocycles. The zero-order valence-corrected chi connectivity index (χ0v) is 15.0. The highest BCUT2D eigenvalue weighted by Crippen LogP contribution is 2.27. The van der Waals surface area contributed by atoms with E-state index in [0.29, 0.717) is 22.6 Å². The zero-order chi connectivity index (χ0) is 19.4. The molecule has 0 fully saturated rings. The maximum absolute atomic E-state index is 12.1. The number of nitriles is 1. The molecule has 27 heavy (non-hydrogen) atoms. The van der Waals surface area contributed by atoms with Crippen LogP contribution in [-0.4, -0.2) is 12.5 Å². The van der Waals surface area contributed by atoms with Crippen molar-refractivity contribution in [2.24, 2.45) is 0 Å². The third-order valence-corrected chi connectivity index (χ3v) is 4.02. The average molecular weight is 362 g/mol. The Morgan fingerprint density at radius 3 is 2.78 bits per heavy atom. The summed E-state index contributed by atoms with van der Waals surface area (Å²) in [6.07, 6.45) is 0. The van der Waals surface area contributed by atoms with Gasteiger partial charge in [0, 0.05) is 23.2 Å². The van der Waals surface area contributed by atoms with Crippen LogP contribution >= 0.6 is 0 Å². The van der Waals surface area contributed by atoms with Gasteiger partial charge in [0.1, 0.15) is 11.3 Å². The van der Waals surface area contributed by atoms with Crippen molar-refractivity contribution in [2.45, 2.75) is 19.8 Å². The van der Waals surface area contributed by atoms with Gasteiger partial charge < -0.3 is 14.5 Å². The van der Waals surface area contributed by atoms with Crippen LogP contribution in [0.15, 0.2) is 57.7 Å². The van der Waals surface area contributed by atoms with E-state index in [1.807, 2.05) is 26.0 Å². The summed E-state index contributed by atoms with van der Waals surface area (Å²) < 4.78 is 10.8. The van der Waals surface area contributed by atoms with Crippen molar-refractivity contribution in [2.75, 3.05) is 11.9 Å². The van der Waals surface area contributed by atoms with E-state index < -0.39 is 5.63 Å². The smallest absolute Gasteiger partial charge is 0.336 e. The number of ether oxygens (including phenoxy) is 1. The Labute approximate surface area is 156 Å². The summed E-state index contributed by atoms with van der Waals surface area (Å²) in [4.78, 5) is 23.8. The third-order valence-electron chi connectivity index (χ3n) is 4.02. The molecule has 0 saturated heterocycles. The summed E-state index contributed by atoms with van der Waals surface area (Å²) in [5.41, 5.74) is 1.89. The van der Waals surface area contributed by atoms with Gasteiger partial charge in [0.25, 0.3) is 5.91 Å². The van der Waals surface area contributed by atoms with Crippen LogP contribution < -0.4 is 15.7 Å². The molecule has 0 atom stereocenters. The summed E-state index contributed by atoms with van der Waals surface area (Å²) >= 11 is 0. The van der Waals surface area contributed by atoms with Crippen molar-refractivity contribution >= 4 is 22.6 Å². The molecule has 6 nitrogen and oxygen atoms in total. The molecule has 3 rings (SSSR count). The Morgan fingerprint density at radius 1 is 1.22 bits per heavy atom. The second-order valence-electron chi connectivity index (χ2n) is 6.36. The van der Waals surface area contributed by atoms with E-state index in [4.69, 9.17) is 14.4 Å². The Bertz CT molecular complexity index is 1090. The predicted octanol–water partition coefficient (Wildman–Crippen LogP) is 3.81. The van der Waals surface area contributed by atoms with Crippen molar-refractivity contribution in [1.82, 2.24) is 0 Å². The first kappa shape index (κ1) is 18.2. The Morgan fingerprint density at radius 2 is 2.04 bits per heavy atom. The Kier molecular flexibility index (Phi) is 5.23. The van der Waals surface area contributed by atoms with E-state index in [0.717, 1.165) is 10.9 Å². The number of benzene rings is 2. The molecule has 0 spiro atoms. The Hall–Kier alpha value is -3.59. The SMILES string of the molecule is CC(C)c1cc(=O)oc2cc(OCC(=O)Nc3cccc(C#N)c3)ccc12. The minimum atomic E-state index is -0.418. The molecule has 0 bridgehead atoms. The molecule has 136 valence electrons. The molecule has 0 aliphatic carbocycles. The van der Waals surface area contributed by atoms with Crippen LogP contribution in [0.5, 0.6) is 5.75 Å². The number of hydrogen-bond acceptors (Lipinski definition) is 5. The van der Waals surface area contributed by atoms with Gasteiger partial charge >= 0.3 is 5.63 Å². The number of fused-ring (bicyclic) bond motifs is 1. The first-order valence-corrected chi connectivity index (χ1v) is 8.47. The van der Waals surface area contributed by atoms with Crippen LogP contribution in [-0.2, 0) is 4.79 Å². The highest BCUT2D eigenvalue weighted by Gasteiger charge is 2.11. The molecule has 0 unspecified atom stereocenters. The first-order valence-electron chi connectivity index (χ1n) is 8.47. The molecule has 1 aromatic heterocycles. The summed E-state index contributed by atoms with van der Waals surface area (Å²) in [6.45, 7) is 3.80. The molecular formula is C21H18N2O4. The fraction of sp³-hybridized carbons (Fsp3) is 0.190. The molecule has 3 aromatic rings. The normalized spacial score (nSPS) is 10.6. The van der Waals surface area contributed by atoms with Crippen LogP contribution in [0.25, 0.3) is 11.0 Å². The summed E-state index contributed by atoms with van der Waals surface area (Å²) in [5, 5.41) is 12.4. The number of amides is 1. The Balaban J connectivity index is 1.72. The highest BCUT2D eigenvalue weighted by molar-refractivity contribution is 5.92. The lowest BCUT2D eigenvalue weighted by Crippen LogP contribution is -2.20. The van der Waals surface area contributed by atoms with E-state index in [1.54, 1.807) is 36.4 Å². The largest absolute Gasteiger partial charge is 0.484 e. The zero-order valence-electron chi connectivity index (χ0n) is 15.0. The number of carbonyl (C=O) groups excluding carboxylic acids is 1. The van der Waals surface area contributed by atoms with Crippen LogP contribution in [0, 0.1) is 11.3 Å². The minimum Gasteiger partial charge on any atom is -0.484 e. The van der Waals surface area contributed by atoms with Gasteiger partial charge in [-0.3, -0.25) is 4.79 Å². The van der Waals surface area contributed by atoms with Gasteiger partial charge in [0.15, 0.2) is 6.61 Å². The number of carbonyl (C=O) groups is 1. The summed E-state index contributed by atoms with van der Waals surface area (Å²) in [7, 11) is 0. The van der Waals surface area contributed by atoms with Crippen molar-refractivity contribution in [3.05, 3.63) is 70.1 Å². The van der Waals surface area contributed by atoms with Crippen molar-refractivity contribution in [3.8, 4) is 11.8 Å². The minimum absolute atomic E-state index is 0.179. The molecule has 1 N–H and O–H groups in total. The average Bonchev–Trinajstić information content (AvgIpc) is 2.65. The molecular weight excluding hydrogens is 344 g/mol. The quantitative estimate of drug-likeness (QED) is 0.697. The topological polar surface area (TPSA) is 92.3 Å². The van der Waals surface area contributed by atoms with Gasteiger partial charge in [0.2, 0.25) is 0 Å². The standard InChI is InChI=1S/C21H18N2O4/c1-13(2)18-10-21(25)27-19-9-16(6-7-17(18)19)26-12-20(24)23-15-5-3-4-14(8-15)11-22/h3-10,13H,12H2,1-2H3,(H,23,24). The lowest BCUT2D eigenvalue weighted by Gasteiger charge is -2.11. The van der Waals surface area contributed by atoms with Crippen LogP contribution in [0.1, 0.15) is 30.9 Å². The van der Waals surface area contributed by atoms with E-state index in [9.17, 15) is 9.59 Å². The fourth-order valence-electron chi connectivity index (χ4n) is 2.75. The molecule has 0 aliphatic rings. The maximum atomic E-state index is 12.1. The lowest BCUT2D eigenvalue weighted by molar-refractivity contribution is -0.118. The molecule has 6 heteroatoms. The van der Waals surface area contributed by atoms with Crippen LogP contribution in [0.3, 0.4) is 0 Å². The van der Waals surface area contributed by atoms with Crippen molar-refractivity contribution in [1.29, 1.82) is 5.26 Å². The van der Waals surface area contributed by atoms with E-state index in [1.165, 1.54) is 6.07 Å². The van der Waals surface area contributed by atoms with Gasteiger partial charge in [-0.1, -0.05) is 19.9 Å². The van der Waals surface area contributed by atoms with Gasteiger partial charge in [-0.05, 0) is 41.8 Å². The van der Waals surface area contributed by atoms with Gasteiger partial charge in [-0.25, -0.2) is 4.79 Å². The van der Waals surface area contributed by atoms with Crippen LogP contribution in [0.4, 0.5) is 5.69 Å². The van der Waals surface area contributed by atoms with E-state index in [2.05, 4.69) is 5.32 Å². The van der Waals surface area contributed by atoms with Gasteiger partial charge in [-0.2, -0.15) is 5.26 Å². The summed E-state index contributed by atoms with van der Waals surface area (Å²) in [6, 6.07) is 15.3. The molecule has 1 amide bonds. The molecule has 0 radical (unpaired) electrons. The van der Waals surface area contributed by atoms with Gasteiger partial charge in [0.05, 0.1) is 11.6 Å². The second kappa shape index (κ2) is 7.75. The van der Waals surface area contributed by atoms with E-state index in [-0.39, 0.29) is 18.4 Å².